The maximum Gasteiger partial charge on any atom is 0.254 e. The maximum atomic E-state index is 12.4. The molecule has 0 saturated heterocycles. The second-order valence-corrected chi connectivity index (χ2v) is 7.18. The lowest BCUT2D eigenvalue weighted by Crippen LogP contribution is -2.46. The topological polar surface area (TPSA) is 124 Å². The van der Waals surface area contributed by atoms with Crippen LogP contribution in [0.5, 0.6) is 0 Å². The van der Waals surface area contributed by atoms with Crippen molar-refractivity contribution in [2.75, 3.05) is 17.6 Å². The molecule has 0 radical (unpaired) electrons. The normalized spacial score (nSPS) is 13.2. The Morgan fingerprint density at radius 2 is 2.18 bits per heavy atom. The summed E-state index contributed by atoms with van der Waals surface area (Å²) in [6.07, 6.45) is 7.82. The molecule has 28 heavy (non-hydrogen) atoms. The predicted octanol–water partition coefficient (Wildman–Crippen LogP) is 2.13. The number of nitrogen functional groups attached to an aromatic ring is 1. The summed E-state index contributed by atoms with van der Waals surface area (Å²) in [7, 11) is 1.78. The van der Waals surface area contributed by atoms with Crippen molar-refractivity contribution in [3.05, 3.63) is 36.3 Å². The number of fused-ring (bicyclic) bond motifs is 1. The summed E-state index contributed by atoms with van der Waals surface area (Å²) >= 11 is 0. The molecule has 0 bridgehead atoms. The minimum Gasteiger partial charge on any atom is -0.368 e. The number of aryl methyl sites for hydroxylation is 1. The Labute approximate surface area is 163 Å². The van der Waals surface area contributed by atoms with Gasteiger partial charge in [0.1, 0.15) is 5.52 Å². The Hall–Kier alpha value is -3.23. The Balaban J connectivity index is 1.82. The van der Waals surface area contributed by atoms with Gasteiger partial charge in [0.2, 0.25) is 5.95 Å². The first kappa shape index (κ1) is 19.5. The first-order valence-electron chi connectivity index (χ1n) is 9.33. The van der Waals surface area contributed by atoms with Gasteiger partial charge in [-0.3, -0.25) is 14.5 Å². The van der Waals surface area contributed by atoms with Gasteiger partial charge in [0, 0.05) is 26.0 Å². The van der Waals surface area contributed by atoms with Gasteiger partial charge in [-0.15, -0.1) is 0 Å². The van der Waals surface area contributed by atoms with Crippen molar-refractivity contribution in [1.29, 1.82) is 0 Å². The zero-order chi connectivity index (χ0) is 20.1. The van der Waals surface area contributed by atoms with Crippen LogP contribution in [0.4, 0.5) is 11.8 Å². The highest BCUT2D eigenvalue weighted by Gasteiger charge is 2.26. The van der Waals surface area contributed by atoms with Crippen LogP contribution in [-0.4, -0.2) is 42.7 Å². The SMILES string of the molecule is CCCC[C@](C)(CNC(=O)c1cnn(C)c1)Nc1nc(N)nc2cccnc12. The van der Waals surface area contributed by atoms with Gasteiger partial charge >= 0.3 is 0 Å². The summed E-state index contributed by atoms with van der Waals surface area (Å²) in [5.41, 5.74) is 7.30. The number of aromatic nitrogens is 5. The van der Waals surface area contributed by atoms with Gasteiger partial charge in [-0.25, -0.2) is 4.98 Å². The van der Waals surface area contributed by atoms with Crippen LogP contribution < -0.4 is 16.4 Å². The molecule has 0 fully saturated rings. The van der Waals surface area contributed by atoms with Crippen molar-refractivity contribution in [2.24, 2.45) is 7.05 Å². The molecule has 4 N–H and O–H groups in total. The van der Waals surface area contributed by atoms with Crippen molar-refractivity contribution < 1.29 is 4.79 Å². The number of pyridine rings is 1. The Morgan fingerprint density at radius 3 is 2.89 bits per heavy atom. The first-order valence-corrected chi connectivity index (χ1v) is 9.33. The third-order valence-electron chi connectivity index (χ3n) is 4.58. The Morgan fingerprint density at radius 1 is 1.36 bits per heavy atom. The third-order valence-corrected chi connectivity index (χ3v) is 4.58. The van der Waals surface area contributed by atoms with Gasteiger partial charge < -0.3 is 16.4 Å². The van der Waals surface area contributed by atoms with Crippen molar-refractivity contribution in [2.45, 2.75) is 38.6 Å². The van der Waals surface area contributed by atoms with E-state index in [1.807, 2.05) is 12.1 Å². The average Bonchev–Trinajstić information content (AvgIpc) is 3.11. The van der Waals surface area contributed by atoms with Crippen molar-refractivity contribution in [3.8, 4) is 0 Å². The van der Waals surface area contributed by atoms with Crippen LogP contribution >= 0.6 is 0 Å². The van der Waals surface area contributed by atoms with E-state index >= 15 is 0 Å². The molecule has 1 amide bonds. The van der Waals surface area contributed by atoms with Crippen LogP contribution in [0, 0.1) is 0 Å². The minimum atomic E-state index is -0.431. The van der Waals surface area contributed by atoms with E-state index in [1.54, 1.807) is 30.3 Å². The van der Waals surface area contributed by atoms with Crippen LogP contribution in [0.3, 0.4) is 0 Å². The third kappa shape index (κ3) is 4.54. The number of carbonyl (C=O) groups excluding carboxylic acids is 1. The van der Waals surface area contributed by atoms with E-state index in [1.165, 1.54) is 0 Å². The quantitative estimate of drug-likeness (QED) is 0.545. The number of nitrogens with two attached hydrogens (primary N) is 1. The number of unbranched alkanes of at least 4 members (excludes halogenated alkanes) is 1. The Kier molecular flexibility index (Phi) is 5.72. The molecule has 0 unspecified atom stereocenters. The van der Waals surface area contributed by atoms with Crippen LogP contribution in [0.1, 0.15) is 43.5 Å². The molecule has 3 heterocycles. The number of anilines is 2. The number of hydrogen-bond donors (Lipinski definition) is 3. The van der Waals surface area contributed by atoms with Crippen molar-refractivity contribution in [3.63, 3.8) is 0 Å². The van der Waals surface area contributed by atoms with E-state index in [2.05, 4.69) is 44.5 Å². The summed E-state index contributed by atoms with van der Waals surface area (Å²) in [4.78, 5) is 25.4. The fraction of sp³-hybridized carbons (Fsp3) is 0.421. The fourth-order valence-corrected chi connectivity index (χ4v) is 3.04. The van der Waals surface area contributed by atoms with Crippen LogP contribution in [-0.2, 0) is 7.05 Å². The predicted molar refractivity (Wildman–Crippen MR) is 109 cm³/mol. The molecule has 0 aromatic carbocycles. The van der Waals surface area contributed by atoms with E-state index < -0.39 is 5.54 Å². The lowest BCUT2D eigenvalue weighted by molar-refractivity contribution is 0.0945. The lowest BCUT2D eigenvalue weighted by atomic mass is 9.94. The molecular weight excluding hydrogens is 356 g/mol. The highest BCUT2D eigenvalue weighted by Crippen LogP contribution is 2.25. The molecule has 0 aliphatic carbocycles. The number of nitrogens with one attached hydrogen (secondary N) is 2. The second-order valence-electron chi connectivity index (χ2n) is 7.18. The maximum absolute atomic E-state index is 12.4. The zero-order valence-corrected chi connectivity index (χ0v) is 16.4. The molecule has 3 aromatic heterocycles. The van der Waals surface area contributed by atoms with Gasteiger partial charge in [0.25, 0.3) is 5.91 Å². The number of nitrogens with zero attached hydrogens (tertiary/aromatic N) is 5. The second kappa shape index (κ2) is 8.20. The van der Waals surface area contributed by atoms with Gasteiger partial charge in [0.05, 0.1) is 22.8 Å². The monoisotopic (exact) mass is 382 g/mol. The molecule has 1 atom stereocenters. The molecule has 3 aromatic rings. The smallest absolute Gasteiger partial charge is 0.254 e. The van der Waals surface area contributed by atoms with E-state index in [0.29, 0.717) is 29.0 Å². The van der Waals surface area contributed by atoms with Crippen LogP contribution in [0.2, 0.25) is 0 Å². The lowest BCUT2D eigenvalue weighted by Gasteiger charge is -2.32. The molecule has 9 heteroatoms. The van der Waals surface area contributed by atoms with Gasteiger partial charge in [0.15, 0.2) is 5.82 Å². The van der Waals surface area contributed by atoms with E-state index in [-0.39, 0.29) is 11.9 Å². The molecule has 0 aliphatic rings. The standard InChI is InChI=1S/C19H26N8O/c1-4-5-8-19(2,12-22-17(28)13-10-23-27(3)11-13)26-16-15-14(7-6-9-21-15)24-18(20)25-16/h6-7,9-11H,4-5,8,12H2,1-3H3,(H,22,28)(H3,20,24,25,26)/t19-/m1/s1. The largest absolute Gasteiger partial charge is 0.368 e. The molecule has 0 spiro atoms. The number of rotatable bonds is 8. The van der Waals surface area contributed by atoms with Crippen molar-refractivity contribution in [1.82, 2.24) is 30.0 Å². The van der Waals surface area contributed by atoms with Gasteiger partial charge in [-0.05, 0) is 25.5 Å². The van der Waals surface area contributed by atoms with Gasteiger partial charge in [-0.2, -0.15) is 10.1 Å². The minimum absolute atomic E-state index is 0.164. The Bertz CT molecular complexity index is 969. The molecule has 148 valence electrons. The summed E-state index contributed by atoms with van der Waals surface area (Å²) < 4.78 is 1.60. The van der Waals surface area contributed by atoms with E-state index in [9.17, 15) is 4.79 Å². The summed E-state index contributed by atoms with van der Waals surface area (Å²) in [5, 5.41) is 10.5. The molecule has 9 nitrogen and oxygen atoms in total. The average molecular weight is 382 g/mol. The number of carbonyl (C=O) groups is 1. The van der Waals surface area contributed by atoms with Crippen molar-refractivity contribution >= 4 is 28.7 Å². The zero-order valence-electron chi connectivity index (χ0n) is 16.4. The molecule has 0 saturated carbocycles. The highest BCUT2D eigenvalue weighted by atomic mass is 16.1. The van der Waals surface area contributed by atoms with E-state index in [0.717, 1.165) is 19.3 Å². The summed E-state index contributed by atoms with van der Waals surface area (Å²) in [5.74, 6) is 0.584. The van der Waals surface area contributed by atoms with Crippen LogP contribution in [0.15, 0.2) is 30.7 Å². The van der Waals surface area contributed by atoms with Crippen LogP contribution in [0.25, 0.3) is 11.0 Å². The fourth-order valence-electron chi connectivity index (χ4n) is 3.04. The molecular formula is C19H26N8O. The van der Waals surface area contributed by atoms with Gasteiger partial charge in [-0.1, -0.05) is 19.8 Å². The number of hydrogen-bond acceptors (Lipinski definition) is 7. The molecule has 0 aliphatic heterocycles. The highest BCUT2D eigenvalue weighted by molar-refractivity contribution is 5.93. The summed E-state index contributed by atoms with van der Waals surface area (Å²) in [6.45, 7) is 4.60. The first-order chi connectivity index (χ1) is 13.4. The van der Waals surface area contributed by atoms with E-state index in [4.69, 9.17) is 5.73 Å². The number of amides is 1. The summed E-state index contributed by atoms with van der Waals surface area (Å²) in [6, 6.07) is 3.65. The molecule has 3 rings (SSSR count).